The standard InChI is InChI=1S/C22H37N3O4S/c1-6-7-10-24-19(28)17-22-9-8-21(4,30-22)15(18(27)23-5)16(22)20(29)25(17)14(12-26)11-13(2)3/h13-17,26H,6-12H2,1-5H3,(H,23,27)(H,24,28)/t14-,15+,16+,17?,21-,22?/m1/s1. The lowest BCUT2D eigenvalue weighted by Gasteiger charge is -2.37. The van der Waals surface area contributed by atoms with Crippen LogP contribution in [0.4, 0.5) is 0 Å². The number of aliphatic hydroxyl groups is 1. The predicted octanol–water partition coefficient (Wildman–Crippen LogP) is 1.54. The second-order valence-corrected chi connectivity index (χ2v) is 11.6. The van der Waals surface area contributed by atoms with Gasteiger partial charge in [0.25, 0.3) is 0 Å². The Bertz CT molecular complexity index is 702. The van der Waals surface area contributed by atoms with Crippen LogP contribution in [0.25, 0.3) is 0 Å². The molecule has 0 aromatic heterocycles. The minimum absolute atomic E-state index is 0.124. The van der Waals surface area contributed by atoms with Gasteiger partial charge in [-0.2, -0.15) is 0 Å². The Kier molecular flexibility index (Phi) is 6.77. The summed E-state index contributed by atoms with van der Waals surface area (Å²) in [5.74, 6) is -1.12. The van der Waals surface area contributed by atoms with Gasteiger partial charge < -0.3 is 20.6 Å². The van der Waals surface area contributed by atoms with Gasteiger partial charge in [0.05, 0.1) is 29.2 Å². The van der Waals surface area contributed by atoms with Crippen LogP contribution in [0, 0.1) is 17.8 Å². The van der Waals surface area contributed by atoms with E-state index in [1.807, 2.05) is 13.8 Å². The molecule has 3 N–H and O–H groups in total. The van der Waals surface area contributed by atoms with Crippen molar-refractivity contribution in [3.05, 3.63) is 0 Å². The summed E-state index contributed by atoms with van der Waals surface area (Å²) in [5.41, 5.74) is 0. The van der Waals surface area contributed by atoms with E-state index in [4.69, 9.17) is 0 Å². The predicted molar refractivity (Wildman–Crippen MR) is 118 cm³/mol. The monoisotopic (exact) mass is 439 g/mol. The molecule has 0 radical (unpaired) electrons. The number of carbonyl (C=O) groups excluding carboxylic acids is 3. The maximum absolute atomic E-state index is 13.8. The number of hydrogen-bond acceptors (Lipinski definition) is 5. The summed E-state index contributed by atoms with van der Waals surface area (Å²) >= 11 is 1.67. The zero-order chi connectivity index (χ0) is 22.3. The van der Waals surface area contributed by atoms with Crippen LogP contribution in [0.3, 0.4) is 0 Å². The maximum atomic E-state index is 13.8. The van der Waals surface area contributed by atoms with Crippen LogP contribution in [0.15, 0.2) is 0 Å². The first kappa shape index (κ1) is 23.4. The van der Waals surface area contributed by atoms with Crippen molar-refractivity contribution >= 4 is 29.5 Å². The van der Waals surface area contributed by atoms with E-state index < -0.39 is 28.7 Å². The van der Waals surface area contributed by atoms with Crippen molar-refractivity contribution in [3.8, 4) is 0 Å². The molecule has 30 heavy (non-hydrogen) atoms. The highest BCUT2D eigenvalue weighted by Gasteiger charge is 2.77. The smallest absolute Gasteiger partial charge is 0.244 e. The van der Waals surface area contributed by atoms with Gasteiger partial charge in [0.1, 0.15) is 6.04 Å². The van der Waals surface area contributed by atoms with E-state index in [9.17, 15) is 19.5 Å². The fourth-order valence-corrected chi connectivity index (χ4v) is 8.26. The van der Waals surface area contributed by atoms with Gasteiger partial charge in [0.15, 0.2) is 0 Å². The minimum atomic E-state index is -0.649. The number of fused-ring (bicyclic) bond motifs is 1. The zero-order valence-corrected chi connectivity index (χ0v) is 19.7. The van der Waals surface area contributed by atoms with Gasteiger partial charge in [0.2, 0.25) is 17.7 Å². The van der Waals surface area contributed by atoms with Crippen LogP contribution < -0.4 is 10.6 Å². The minimum Gasteiger partial charge on any atom is -0.394 e. The fraction of sp³-hybridized carbons (Fsp3) is 0.864. The van der Waals surface area contributed by atoms with Crippen molar-refractivity contribution in [2.75, 3.05) is 20.2 Å². The summed E-state index contributed by atoms with van der Waals surface area (Å²) < 4.78 is -0.953. The van der Waals surface area contributed by atoms with E-state index in [0.717, 1.165) is 25.7 Å². The lowest BCUT2D eigenvalue weighted by molar-refractivity contribution is -0.143. The summed E-state index contributed by atoms with van der Waals surface area (Å²) in [6, 6.07) is -1.07. The van der Waals surface area contributed by atoms with Gasteiger partial charge in [-0.15, -0.1) is 11.8 Å². The number of nitrogens with zero attached hydrogens (tertiary/aromatic N) is 1. The summed E-state index contributed by atoms with van der Waals surface area (Å²) in [6.45, 7) is 8.62. The molecule has 6 atom stereocenters. The molecule has 3 fully saturated rings. The van der Waals surface area contributed by atoms with Crippen LogP contribution in [-0.4, -0.2) is 69.5 Å². The molecule has 0 aromatic rings. The normalized spacial score (nSPS) is 35.6. The molecule has 3 rings (SSSR count). The Morgan fingerprint density at radius 1 is 1.30 bits per heavy atom. The van der Waals surface area contributed by atoms with E-state index >= 15 is 0 Å². The van der Waals surface area contributed by atoms with Crippen LogP contribution >= 0.6 is 11.8 Å². The lowest BCUT2D eigenvalue weighted by atomic mass is 9.66. The third-order valence-electron chi connectivity index (χ3n) is 7.17. The quantitative estimate of drug-likeness (QED) is 0.473. The Balaban J connectivity index is 2.04. The largest absolute Gasteiger partial charge is 0.394 e. The van der Waals surface area contributed by atoms with E-state index in [1.165, 1.54) is 0 Å². The van der Waals surface area contributed by atoms with Crippen LogP contribution in [-0.2, 0) is 14.4 Å². The van der Waals surface area contributed by atoms with Gasteiger partial charge in [-0.05, 0) is 38.5 Å². The van der Waals surface area contributed by atoms with Gasteiger partial charge >= 0.3 is 0 Å². The Morgan fingerprint density at radius 3 is 2.57 bits per heavy atom. The first-order valence-electron chi connectivity index (χ1n) is 11.3. The Hall–Kier alpha value is -1.28. The first-order chi connectivity index (χ1) is 14.2. The molecule has 8 heteroatoms. The molecule has 3 aliphatic rings. The molecule has 7 nitrogen and oxygen atoms in total. The van der Waals surface area contributed by atoms with Crippen LogP contribution in [0.1, 0.15) is 59.8 Å². The van der Waals surface area contributed by atoms with Crippen molar-refractivity contribution in [3.63, 3.8) is 0 Å². The number of unbranched alkanes of at least 4 members (excludes halogenated alkanes) is 1. The number of thioether (sulfide) groups is 1. The highest BCUT2D eigenvalue weighted by molar-refractivity contribution is 8.02. The zero-order valence-electron chi connectivity index (χ0n) is 18.9. The average Bonchev–Trinajstić information content (AvgIpc) is 3.26. The molecule has 0 aliphatic carbocycles. The summed E-state index contributed by atoms with van der Waals surface area (Å²) in [6.07, 6.45) is 4.01. The van der Waals surface area contributed by atoms with E-state index in [0.29, 0.717) is 13.0 Å². The molecule has 2 unspecified atom stereocenters. The van der Waals surface area contributed by atoms with Crippen molar-refractivity contribution in [2.24, 2.45) is 17.8 Å². The molecular weight excluding hydrogens is 402 g/mol. The summed E-state index contributed by atoms with van der Waals surface area (Å²) in [4.78, 5) is 41.8. The fourth-order valence-electron chi connectivity index (χ4n) is 5.92. The molecule has 3 saturated heterocycles. The Morgan fingerprint density at radius 2 is 2.00 bits per heavy atom. The van der Waals surface area contributed by atoms with Gasteiger partial charge in [-0.25, -0.2) is 0 Å². The summed E-state index contributed by atoms with van der Waals surface area (Å²) in [5, 5.41) is 15.9. The highest BCUT2D eigenvalue weighted by atomic mass is 32.2. The second-order valence-electron chi connectivity index (χ2n) is 9.70. The molecule has 3 amide bonds. The molecule has 3 heterocycles. The number of nitrogens with one attached hydrogen (secondary N) is 2. The van der Waals surface area contributed by atoms with E-state index in [1.54, 1.807) is 23.7 Å². The van der Waals surface area contributed by atoms with Gasteiger partial charge in [0, 0.05) is 18.3 Å². The molecule has 0 aromatic carbocycles. The number of carbonyl (C=O) groups is 3. The second kappa shape index (κ2) is 8.69. The number of hydrogen-bond donors (Lipinski definition) is 3. The third-order valence-corrected chi connectivity index (χ3v) is 9.15. The van der Waals surface area contributed by atoms with Crippen LogP contribution in [0.5, 0.6) is 0 Å². The molecule has 0 saturated carbocycles. The average molecular weight is 440 g/mol. The number of rotatable bonds is 9. The highest BCUT2D eigenvalue weighted by Crippen LogP contribution is 2.71. The van der Waals surface area contributed by atoms with Crippen molar-refractivity contribution in [1.29, 1.82) is 0 Å². The van der Waals surface area contributed by atoms with E-state index in [2.05, 4.69) is 24.5 Å². The number of likely N-dealkylation sites (tertiary alicyclic amines) is 1. The Labute approximate surface area is 184 Å². The third kappa shape index (κ3) is 3.53. The topological polar surface area (TPSA) is 98.7 Å². The lowest BCUT2D eigenvalue weighted by Crippen LogP contribution is -2.56. The van der Waals surface area contributed by atoms with Crippen molar-refractivity contribution < 1.29 is 19.5 Å². The molecular formula is C22H37N3O4S. The maximum Gasteiger partial charge on any atom is 0.244 e. The van der Waals surface area contributed by atoms with Crippen LogP contribution in [0.2, 0.25) is 0 Å². The van der Waals surface area contributed by atoms with Gasteiger partial charge in [-0.1, -0.05) is 27.2 Å². The number of aliphatic hydroxyl groups excluding tert-OH is 1. The molecule has 1 spiro atoms. The van der Waals surface area contributed by atoms with Crippen molar-refractivity contribution in [2.45, 2.75) is 81.4 Å². The molecule has 3 aliphatic heterocycles. The molecule has 2 bridgehead atoms. The number of amides is 3. The first-order valence-corrected chi connectivity index (χ1v) is 12.1. The SMILES string of the molecule is CCCCNC(=O)C1N([C@@H](CO)CC(C)C)C(=O)[C@@H]2[C@@H](C(=O)NC)[C@@]3(C)CCC12S3. The van der Waals surface area contributed by atoms with E-state index in [-0.39, 0.29) is 35.0 Å². The summed E-state index contributed by atoms with van der Waals surface area (Å²) in [7, 11) is 1.61. The van der Waals surface area contributed by atoms with Gasteiger partial charge in [-0.3, -0.25) is 14.4 Å². The molecule has 170 valence electrons. The van der Waals surface area contributed by atoms with Crippen molar-refractivity contribution in [1.82, 2.24) is 15.5 Å².